The average molecular weight is 579 g/mol. The van der Waals surface area contributed by atoms with Crippen molar-refractivity contribution in [2.75, 3.05) is 13.2 Å². The van der Waals surface area contributed by atoms with Gasteiger partial charge in [0.1, 0.15) is 0 Å². The molecule has 3 nitrogen and oxygen atoms in total. The molecule has 0 aromatic carbocycles. The highest BCUT2D eigenvalue weighted by Crippen LogP contribution is 2.12. The van der Waals surface area contributed by atoms with Gasteiger partial charge in [0.15, 0.2) is 0 Å². The molecule has 0 aliphatic carbocycles. The fourth-order valence-corrected chi connectivity index (χ4v) is 5.01. The van der Waals surface area contributed by atoms with E-state index in [2.05, 4.69) is 38.2 Å². The van der Waals surface area contributed by atoms with Gasteiger partial charge in [-0.2, -0.15) is 0 Å². The van der Waals surface area contributed by atoms with Crippen molar-refractivity contribution in [2.45, 2.75) is 201 Å². The molecule has 0 aromatic rings. The molecule has 0 aromatic heterocycles. The second-order valence-electron chi connectivity index (χ2n) is 12.0. The molecule has 0 saturated heterocycles. The van der Waals surface area contributed by atoms with Crippen LogP contribution >= 0.6 is 0 Å². The number of carboxylic acid groups (broad SMARTS) is 1. The van der Waals surface area contributed by atoms with E-state index in [9.17, 15) is 0 Å². The van der Waals surface area contributed by atoms with Crippen LogP contribution in [0.1, 0.15) is 201 Å². The van der Waals surface area contributed by atoms with Crippen LogP contribution in [0.15, 0.2) is 24.3 Å². The Hall–Kier alpha value is -1.09. The highest BCUT2D eigenvalue weighted by Gasteiger charge is 1.95. The molecule has 0 heterocycles. The molecule has 0 aliphatic rings. The maximum absolute atomic E-state index is 9.00. The van der Waals surface area contributed by atoms with Gasteiger partial charge in [-0.05, 0) is 64.2 Å². The van der Waals surface area contributed by atoms with Gasteiger partial charge < -0.3 is 9.84 Å². The number of aliphatic carboxylic acids is 1. The fourth-order valence-electron chi connectivity index (χ4n) is 5.01. The lowest BCUT2D eigenvalue weighted by atomic mass is 10.1. The van der Waals surface area contributed by atoms with Crippen LogP contribution in [0, 0.1) is 0 Å². The minimum absolute atomic E-state index is 0.833. The Morgan fingerprint density at radius 2 is 0.659 bits per heavy atom. The molecular formula is C38H74O3. The molecule has 0 fully saturated rings. The maximum atomic E-state index is 9.00. The first-order valence-electron chi connectivity index (χ1n) is 18.2. The summed E-state index contributed by atoms with van der Waals surface area (Å²) in [7, 11) is 0. The molecule has 244 valence electrons. The molecule has 0 saturated carbocycles. The first kappa shape index (κ1) is 42.0. The summed E-state index contributed by atoms with van der Waals surface area (Å²) in [5.74, 6) is -0.833. The van der Waals surface area contributed by atoms with E-state index in [1.54, 1.807) is 0 Å². The molecule has 0 aliphatic heterocycles. The van der Waals surface area contributed by atoms with Crippen LogP contribution in [-0.2, 0) is 9.53 Å². The van der Waals surface area contributed by atoms with Gasteiger partial charge in [-0.3, -0.25) is 4.79 Å². The van der Waals surface area contributed by atoms with Gasteiger partial charge in [-0.25, -0.2) is 0 Å². The van der Waals surface area contributed by atoms with Gasteiger partial charge in [0, 0.05) is 20.1 Å². The van der Waals surface area contributed by atoms with Crippen molar-refractivity contribution in [1.82, 2.24) is 0 Å². The highest BCUT2D eigenvalue weighted by atomic mass is 16.5. The Bertz CT molecular complexity index is 482. The van der Waals surface area contributed by atoms with Gasteiger partial charge in [0.05, 0.1) is 0 Å². The number of allylic oxidation sites excluding steroid dienone is 4. The number of carbonyl (C=O) groups is 1. The van der Waals surface area contributed by atoms with Crippen LogP contribution in [0.4, 0.5) is 0 Å². The zero-order valence-corrected chi connectivity index (χ0v) is 28.3. The van der Waals surface area contributed by atoms with Crippen LogP contribution in [0.25, 0.3) is 0 Å². The number of rotatable bonds is 32. The number of carboxylic acids is 1. The third-order valence-corrected chi connectivity index (χ3v) is 7.60. The van der Waals surface area contributed by atoms with Crippen LogP contribution in [0.2, 0.25) is 0 Å². The molecule has 0 radical (unpaired) electrons. The predicted octanol–water partition coefficient (Wildman–Crippen LogP) is 13.2. The molecule has 41 heavy (non-hydrogen) atoms. The first-order chi connectivity index (χ1) is 20.1. The zero-order chi connectivity index (χ0) is 30.3. The topological polar surface area (TPSA) is 46.5 Å². The Kier molecular flexibility index (Phi) is 42.1. The van der Waals surface area contributed by atoms with E-state index in [0.29, 0.717) is 0 Å². The van der Waals surface area contributed by atoms with Crippen molar-refractivity contribution in [1.29, 1.82) is 0 Å². The van der Waals surface area contributed by atoms with Gasteiger partial charge in [-0.1, -0.05) is 154 Å². The largest absolute Gasteiger partial charge is 0.481 e. The Morgan fingerprint density at radius 1 is 0.439 bits per heavy atom. The van der Waals surface area contributed by atoms with Gasteiger partial charge in [0.2, 0.25) is 0 Å². The van der Waals surface area contributed by atoms with E-state index >= 15 is 0 Å². The number of hydrogen-bond donors (Lipinski definition) is 1. The Balaban J connectivity index is 0. The number of unbranched alkanes of at least 4 members (excludes halogenated alkanes) is 24. The Morgan fingerprint density at radius 3 is 0.927 bits per heavy atom. The summed E-state index contributed by atoms with van der Waals surface area (Å²) in [6.07, 6.45) is 48.1. The molecule has 3 heteroatoms. The SMILES string of the molecule is CC(=O)O.CCCCCCCCC=CCCCCCCCCOCCCCCCCCC=CCCCCCCCC. The summed E-state index contributed by atoms with van der Waals surface area (Å²) in [5.41, 5.74) is 0. The van der Waals surface area contributed by atoms with Crippen molar-refractivity contribution >= 4 is 5.97 Å². The van der Waals surface area contributed by atoms with Crippen molar-refractivity contribution in [3.63, 3.8) is 0 Å². The third kappa shape index (κ3) is 48.9. The maximum Gasteiger partial charge on any atom is 0.300 e. The van der Waals surface area contributed by atoms with Crippen molar-refractivity contribution in [3.05, 3.63) is 24.3 Å². The van der Waals surface area contributed by atoms with Crippen LogP contribution in [0.5, 0.6) is 0 Å². The van der Waals surface area contributed by atoms with Crippen molar-refractivity contribution in [2.24, 2.45) is 0 Å². The smallest absolute Gasteiger partial charge is 0.300 e. The summed E-state index contributed by atoms with van der Waals surface area (Å²) in [6, 6.07) is 0. The lowest BCUT2D eigenvalue weighted by Crippen LogP contribution is -1.97. The lowest BCUT2D eigenvalue weighted by Gasteiger charge is -2.05. The minimum Gasteiger partial charge on any atom is -0.481 e. The Labute approximate surface area is 258 Å². The molecule has 0 unspecified atom stereocenters. The summed E-state index contributed by atoms with van der Waals surface area (Å²) >= 11 is 0. The minimum atomic E-state index is -0.833. The van der Waals surface area contributed by atoms with Crippen LogP contribution in [0.3, 0.4) is 0 Å². The second kappa shape index (κ2) is 41.0. The van der Waals surface area contributed by atoms with Crippen molar-refractivity contribution < 1.29 is 14.6 Å². The molecule has 1 N–H and O–H groups in total. The normalized spacial score (nSPS) is 11.4. The highest BCUT2D eigenvalue weighted by molar-refractivity contribution is 5.62. The van der Waals surface area contributed by atoms with Crippen molar-refractivity contribution in [3.8, 4) is 0 Å². The monoisotopic (exact) mass is 579 g/mol. The van der Waals surface area contributed by atoms with E-state index in [-0.39, 0.29) is 0 Å². The first-order valence-corrected chi connectivity index (χ1v) is 18.2. The predicted molar refractivity (Wildman–Crippen MR) is 183 cm³/mol. The lowest BCUT2D eigenvalue weighted by molar-refractivity contribution is -0.134. The van der Waals surface area contributed by atoms with E-state index in [4.69, 9.17) is 14.6 Å². The van der Waals surface area contributed by atoms with Crippen LogP contribution in [-0.4, -0.2) is 24.3 Å². The van der Waals surface area contributed by atoms with Crippen LogP contribution < -0.4 is 0 Å². The van der Waals surface area contributed by atoms with E-state index in [0.717, 1.165) is 20.1 Å². The van der Waals surface area contributed by atoms with Gasteiger partial charge in [-0.15, -0.1) is 0 Å². The molecule has 0 amide bonds. The summed E-state index contributed by atoms with van der Waals surface area (Å²) in [4.78, 5) is 9.00. The van der Waals surface area contributed by atoms with Gasteiger partial charge >= 0.3 is 0 Å². The second-order valence-corrected chi connectivity index (χ2v) is 12.0. The molecule has 0 bridgehead atoms. The average Bonchev–Trinajstić information content (AvgIpc) is 2.95. The summed E-state index contributed by atoms with van der Waals surface area (Å²) < 4.78 is 5.85. The third-order valence-electron chi connectivity index (χ3n) is 7.60. The summed E-state index contributed by atoms with van der Waals surface area (Å²) in [6.45, 7) is 7.62. The van der Waals surface area contributed by atoms with E-state index in [1.807, 2.05) is 0 Å². The fraction of sp³-hybridized carbons (Fsp3) is 0.868. The molecule has 0 atom stereocenters. The molecule has 0 rings (SSSR count). The quantitative estimate of drug-likeness (QED) is 0.0638. The molecule has 0 spiro atoms. The molecular weight excluding hydrogens is 504 g/mol. The standard InChI is InChI=1S/C36H70O.C2H4O2/c1-3-5-7-9-11-13-15-17-19-21-23-25-27-29-31-33-35-37-36-34-32-30-28-26-24-22-20-18-16-14-12-10-8-6-4-2;1-2(3)4/h17-20H,3-16,21-36H2,1-2H3;1H3,(H,3,4). The van der Waals surface area contributed by atoms with E-state index < -0.39 is 5.97 Å². The van der Waals surface area contributed by atoms with Gasteiger partial charge in [0.25, 0.3) is 5.97 Å². The summed E-state index contributed by atoms with van der Waals surface area (Å²) in [5, 5.41) is 7.42. The van der Waals surface area contributed by atoms with E-state index in [1.165, 1.54) is 180 Å². The number of hydrogen-bond acceptors (Lipinski definition) is 2. The number of ether oxygens (including phenoxy) is 1. The zero-order valence-electron chi connectivity index (χ0n) is 28.3.